The molecule has 3 N–H and O–H groups in total. The Morgan fingerprint density at radius 3 is 2.43 bits per heavy atom. The van der Waals surface area contributed by atoms with Crippen LogP contribution in [0.25, 0.3) is 0 Å². The van der Waals surface area contributed by atoms with Gasteiger partial charge in [0.2, 0.25) is 0 Å². The molecule has 0 saturated heterocycles. The molecule has 0 fully saturated rings. The second-order valence-corrected chi connectivity index (χ2v) is 4.37. The van der Waals surface area contributed by atoms with Crippen LogP contribution in [-0.4, -0.2) is 19.3 Å². The summed E-state index contributed by atoms with van der Waals surface area (Å²) < 4.78 is 10.4. The van der Waals surface area contributed by atoms with Crippen LogP contribution in [-0.2, 0) is 0 Å². The summed E-state index contributed by atoms with van der Waals surface area (Å²) in [6, 6.07) is 12.4. The Kier molecular flexibility index (Phi) is 4.70. The van der Waals surface area contributed by atoms with Crippen molar-refractivity contribution < 1.29 is 14.6 Å². The summed E-state index contributed by atoms with van der Waals surface area (Å²) in [5.74, 6) is 6.81. The SMILES string of the molecule is COc1ccc(C(O)C#Cc2ccccc2N)cc1OC. The van der Waals surface area contributed by atoms with Crippen LogP contribution in [0.4, 0.5) is 5.69 Å². The Labute approximate surface area is 124 Å². The number of aliphatic hydroxyl groups excluding tert-OH is 1. The molecule has 4 heteroatoms. The lowest BCUT2D eigenvalue weighted by Gasteiger charge is -2.10. The van der Waals surface area contributed by atoms with Crippen molar-refractivity contribution in [2.45, 2.75) is 6.10 Å². The van der Waals surface area contributed by atoms with Crippen molar-refractivity contribution in [2.75, 3.05) is 20.0 Å². The third-order valence-electron chi connectivity index (χ3n) is 3.03. The molecule has 4 nitrogen and oxygen atoms in total. The number of para-hydroxylation sites is 1. The first kappa shape index (κ1) is 14.8. The predicted molar refractivity (Wildman–Crippen MR) is 82.2 cm³/mol. The first-order valence-electron chi connectivity index (χ1n) is 6.41. The van der Waals surface area contributed by atoms with Gasteiger partial charge >= 0.3 is 0 Å². The van der Waals surface area contributed by atoms with Gasteiger partial charge in [-0.2, -0.15) is 0 Å². The number of nitrogen functional groups attached to an aromatic ring is 1. The molecule has 0 aliphatic carbocycles. The molecule has 0 aromatic heterocycles. The van der Waals surface area contributed by atoms with E-state index < -0.39 is 6.10 Å². The molecule has 0 aliphatic heterocycles. The van der Waals surface area contributed by atoms with Crippen molar-refractivity contribution in [3.63, 3.8) is 0 Å². The zero-order valence-electron chi connectivity index (χ0n) is 12.0. The standard InChI is InChI=1S/C17H17NO3/c1-20-16-10-8-13(11-17(16)21-2)15(19)9-7-12-5-3-4-6-14(12)18/h3-6,8,10-11,15,19H,18H2,1-2H3. The molecule has 0 bridgehead atoms. The number of aliphatic hydroxyl groups is 1. The lowest BCUT2D eigenvalue weighted by molar-refractivity contribution is 0.237. The van der Waals surface area contributed by atoms with Crippen molar-refractivity contribution in [1.29, 1.82) is 0 Å². The minimum absolute atomic E-state index is 0.551. The summed E-state index contributed by atoms with van der Waals surface area (Å²) in [6.07, 6.45) is -0.926. The molecule has 21 heavy (non-hydrogen) atoms. The Hall–Kier alpha value is -2.64. The van der Waals surface area contributed by atoms with E-state index in [1.54, 1.807) is 38.5 Å². The number of anilines is 1. The molecule has 2 rings (SSSR count). The summed E-state index contributed by atoms with van der Waals surface area (Å²) in [6.45, 7) is 0. The molecule has 1 unspecified atom stereocenters. The molecule has 0 radical (unpaired) electrons. The summed E-state index contributed by atoms with van der Waals surface area (Å²) in [5.41, 5.74) is 7.72. The van der Waals surface area contributed by atoms with Crippen molar-refractivity contribution >= 4 is 5.69 Å². The third-order valence-corrected chi connectivity index (χ3v) is 3.03. The van der Waals surface area contributed by atoms with E-state index in [1.165, 1.54) is 0 Å². The maximum Gasteiger partial charge on any atom is 0.161 e. The number of ether oxygens (including phenoxy) is 2. The third kappa shape index (κ3) is 3.47. The molecular formula is C17H17NO3. The van der Waals surface area contributed by atoms with Gasteiger partial charge in [-0.3, -0.25) is 0 Å². The lowest BCUT2D eigenvalue weighted by atomic mass is 10.1. The first-order valence-corrected chi connectivity index (χ1v) is 6.41. The van der Waals surface area contributed by atoms with Gasteiger partial charge in [0, 0.05) is 11.3 Å². The topological polar surface area (TPSA) is 64.7 Å². The van der Waals surface area contributed by atoms with E-state index in [0.717, 1.165) is 0 Å². The van der Waals surface area contributed by atoms with E-state index in [2.05, 4.69) is 11.8 Å². The predicted octanol–water partition coefficient (Wildman–Crippen LogP) is 2.37. The average Bonchev–Trinajstić information content (AvgIpc) is 2.53. The van der Waals surface area contributed by atoms with Crippen LogP contribution < -0.4 is 15.2 Å². The van der Waals surface area contributed by atoms with Crippen molar-refractivity contribution in [1.82, 2.24) is 0 Å². The van der Waals surface area contributed by atoms with Crippen molar-refractivity contribution in [2.24, 2.45) is 0 Å². The number of hydrogen-bond donors (Lipinski definition) is 2. The first-order chi connectivity index (χ1) is 10.2. The molecule has 0 aliphatic rings. The summed E-state index contributed by atoms with van der Waals surface area (Å²) in [7, 11) is 3.11. The van der Waals surface area contributed by atoms with Crippen LogP contribution in [0.1, 0.15) is 17.2 Å². The van der Waals surface area contributed by atoms with E-state index >= 15 is 0 Å². The van der Waals surface area contributed by atoms with Gasteiger partial charge in [-0.15, -0.1) is 0 Å². The van der Waals surface area contributed by atoms with Crippen LogP contribution in [0.5, 0.6) is 11.5 Å². The largest absolute Gasteiger partial charge is 0.493 e. The highest BCUT2D eigenvalue weighted by Crippen LogP contribution is 2.29. The summed E-state index contributed by atoms with van der Waals surface area (Å²) in [5, 5.41) is 10.1. The second kappa shape index (κ2) is 6.69. The molecular weight excluding hydrogens is 266 g/mol. The zero-order valence-corrected chi connectivity index (χ0v) is 12.0. The van der Waals surface area contributed by atoms with Gasteiger partial charge in [0.05, 0.1) is 14.2 Å². The van der Waals surface area contributed by atoms with Crippen LogP contribution in [0.3, 0.4) is 0 Å². The normalized spacial score (nSPS) is 11.2. The monoisotopic (exact) mass is 283 g/mol. The number of benzene rings is 2. The lowest BCUT2D eigenvalue weighted by Crippen LogP contribution is -1.97. The van der Waals surface area contributed by atoms with E-state index in [-0.39, 0.29) is 0 Å². The highest BCUT2D eigenvalue weighted by Gasteiger charge is 2.09. The quantitative estimate of drug-likeness (QED) is 0.670. The highest BCUT2D eigenvalue weighted by atomic mass is 16.5. The maximum absolute atomic E-state index is 10.1. The number of nitrogens with two attached hydrogens (primary N) is 1. The average molecular weight is 283 g/mol. The summed E-state index contributed by atoms with van der Waals surface area (Å²) >= 11 is 0. The fraction of sp³-hybridized carbons (Fsp3) is 0.176. The number of hydrogen-bond acceptors (Lipinski definition) is 4. The van der Waals surface area contributed by atoms with Gasteiger partial charge in [-0.05, 0) is 29.8 Å². The zero-order chi connectivity index (χ0) is 15.2. The minimum Gasteiger partial charge on any atom is -0.493 e. The smallest absolute Gasteiger partial charge is 0.161 e. The van der Waals surface area contributed by atoms with Gasteiger partial charge < -0.3 is 20.3 Å². The van der Waals surface area contributed by atoms with E-state index in [9.17, 15) is 5.11 Å². The maximum atomic E-state index is 10.1. The van der Waals surface area contributed by atoms with Gasteiger partial charge in [-0.25, -0.2) is 0 Å². The van der Waals surface area contributed by atoms with Crippen LogP contribution in [0.15, 0.2) is 42.5 Å². The number of rotatable bonds is 3. The molecule has 108 valence electrons. The van der Waals surface area contributed by atoms with Crippen molar-refractivity contribution in [3.05, 3.63) is 53.6 Å². The Bertz CT molecular complexity index is 686. The van der Waals surface area contributed by atoms with Crippen LogP contribution >= 0.6 is 0 Å². The molecule has 2 aromatic carbocycles. The Balaban J connectivity index is 2.25. The molecule has 2 aromatic rings. The number of methoxy groups -OCH3 is 2. The molecule has 0 heterocycles. The van der Waals surface area contributed by atoms with E-state index in [4.69, 9.17) is 15.2 Å². The minimum atomic E-state index is -0.926. The fourth-order valence-corrected chi connectivity index (χ4v) is 1.86. The molecule has 0 amide bonds. The Morgan fingerprint density at radius 1 is 1.05 bits per heavy atom. The molecule has 0 saturated carbocycles. The molecule has 1 atom stereocenters. The van der Waals surface area contributed by atoms with Crippen molar-refractivity contribution in [3.8, 4) is 23.3 Å². The second-order valence-electron chi connectivity index (χ2n) is 4.37. The van der Waals surface area contributed by atoms with Gasteiger partial charge in [0.1, 0.15) is 6.10 Å². The van der Waals surface area contributed by atoms with E-state index in [0.29, 0.717) is 28.3 Å². The van der Waals surface area contributed by atoms with Gasteiger partial charge in [0.25, 0.3) is 0 Å². The van der Waals surface area contributed by atoms with Gasteiger partial charge in [-0.1, -0.05) is 30.0 Å². The Morgan fingerprint density at radius 2 is 1.76 bits per heavy atom. The highest BCUT2D eigenvalue weighted by molar-refractivity contribution is 5.56. The van der Waals surface area contributed by atoms with Crippen LogP contribution in [0, 0.1) is 11.8 Å². The van der Waals surface area contributed by atoms with Gasteiger partial charge in [0.15, 0.2) is 11.5 Å². The fourth-order valence-electron chi connectivity index (χ4n) is 1.86. The van der Waals surface area contributed by atoms with Crippen LogP contribution in [0.2, 0.25) is 0 Å². The molecule has 0 spiro atoms. The van der Waals surface area contributed by atoms with E-state index in [1.807, 2.05) is 18.2 Å². The summed E-state index contributed by atoms with van der Waals surface area (Å²) in [4.78, 5) is 0.